The van der Waals surface area contributed by atoms with Gasteiger partial charge in [0.15, 0.2) is 5.43 Å². The summed E-state index contributed by atoms with van der Waals surface area (Å²) >= 11 is 6.30. The maximum atomic E-state index is 13.7. The number of amides is 1. The number of benzene rings is 3. The number of carbonyl (C=O) groups excluding carboxylic acids is 1. The second-order valence-electron chi connectivity index (χ2n) is 8.69. The van der Waals surface area contributed by atoms with Crippen LogP contribution >= 0.6 is 11.6 Å². The molecular formula is C28H24ClNO4. The van der Waals surface area contributed by atoms with Crippen LogP contribution in [0.15, 0.2) is 69.9 Å². The number of fused-ring (bicyclic) bond motifs is 2. The van der Waals surface area contributed by atoms with Gasteiger partial charge in [-0.15, -0.1) is 0 Å². The number of methoxy groups -OCH3 is 1. The zero-order chi connectivity index (χ0) is 24.0. The summed E-state index contributed by atoms with van der Waals surface area (Å²) in [6, 6.07) is 18.3. The van der Waals surface area contributed by atoms with Gasteiger partial charge in [-0.25, -0.2) is 0 Å². The molecule has 3 aromatic carbocycles. The highest BCUT2D eigenvalue weighted by Gasteiger charge is 2.42. The van der Waals surface area contributed by atoms with Crippen LogP contribution in [0.4, 0.5) is 0 Å². The van der Waals surface area contributed by atoms with Gasteiger partial charge in [0.25, 0.3) is 5.91 Å². The van der Waals surface area contributed by atoms with E-state index in [4.69, 9.17) is 20.8 Å². The molecule has 0 aliphatic carbocycles. The lowest BCUT2D eigenvalue weighted by Gasteiger charge is -2.25. The summed E-state index contributed by atoms with van der Waals surface area (Å²) in [5.41, 5.74) is 4.31. The summed E-state index contributed by atoms with van der Waals surface area (Å²) in [6.45, 7) is 4.25. The number of carbonyl (C=O) groups is 1. The molecule has 1 amide bonds. The molecule has 0 bridgehead atoms. The highest BCUT2D eigenvalue weighted by Crippen LogP contribution is 2.39. The van der Waals surface area contributed by atoms with E-state index in [2.05, 4.69) is 0 Å². The van der Waals surface area contributed by atoms with E-state index in [1.165, 1.54) is 0 Å². The van der Waals surface area contributed by atoms with Crippen LogP contribution in [0.5, 0.6) is 5.75 Å². The number of ether oxygens (including phenoxy) is 1. The zero-order valence-corrected chi connectivity index (χ0v) is 20.0. The normalized spacial score (nSPS) is 15.1. The summed E-state index contributed by atoms with van der Waals surface area (Å²) in [6.07, 6.45) is 0.618. The molecule has 0 radical (unpaired) electrons. The van der Waals surface area contributed by atoms with Crippen molar-refractivity contribution in [2.24, 2.45) is 0 Å². The fraction of sp³-hybridized carbons (Fsp3) is 0.214. The van der Waals surface area contributed by atoms with Crippen molar-refractivity contribution in [2.75, 3.05) is 13.7 Å². The third-order valence-electron chi connectivity index (χ3n) is 6.36. The molecule has 0 saturated heterocycles. The molecule has 172 valence electrons. The van der Waals surface area contributed by atoms with Crippen LogP contribution in [0.3, 0.4) is 0 Å². The molecule has 0 unspecified atom stereocenters. The minimum Gasteiger partial charge on any atom is -0.497 e. The van der Waals surface area contributed by atoms with Crippen molar-refractivity contribution in [3.63, 3.8) is 0 Å². The molecule has 4 aromatic rings. The Labute approximate surface area is 202 Å². The Morgan fingerprint density at radius 2 is 1.79 bits per heavy atom. The van der Waals surface area contributed by atoms with Crippen LogP contribution in [-0.2, 0) is 6.42 Å². The van der Waals surface area contributed by atoms with E-state index in [9.17, 15) is 9.59 Å². The van der Waals surface area contributed by atoms with E-state index in [1.54, 1.807) is 24.1 Å². The topological polar surface area (TPSA) is 59.8 Å². The lowest BCUT2D eigenvalue weighted by atomic mass is 9.97. The van der Waals surface area contributed by atoms with Crippen LogP contribution in [0.25, 0.3) is 11.0 Å². The maximum absolute atomic E-state index is 13.7. The molecule has 2 heterocycles. The average molecular weight is 474 g/mol. The Morgan fingerprint density at radius 1 is 1.03 bits per heavy atom. The highest BCUT2D eigenvalue weighted by molar-refractivity contribution is 6.30. The molecule has 0 saturated carbocycles. The number of nitrogens with zero attached hydrogens (tertiary/aromatic N) is 1. The molecule has 1 atom stereocenters. The molecule has 6 heteroatoms. The minimum absolute atomic E-state index is 0.115. The maximum Gasteiger partial charge on any atom is 0.290 e. The fourth-order valence-corrected chi connectivity index (χ4v) is 4.97. The van der Waals surface area contributed by atoms with Gasteiger partial charge in [-0.2, -0.15) is 0 Å². The van der Waals surface area contributed by atoms with Crippen molar-refractivity contribution in [1.82, 2.24) is 4.90 Å². The molecule has 5 rings (SSSR count). The van der Waals surface area contributed by atoms with Crippen LogP contribution in [-0.4, -0.2) is 24.5 Å². The Hall–Kier alpha value is -3.57. The van der Waals surface area contributed by atoms with Crippen molar-refractivity contribution in [3.8, 4) is 5.75 Å². The molecule has 0 spiro atoms. The molecule has 5 nitrogen and oxygen atoms in total. The Morgan fingerprint density at radius 3 is 2.50 bits per heavy atom. The van der Waals surface area contributed by atoms with Gasteiger partial charge in [0, 0.05) is 11.6 Å². The van der Waals surface area contributed by atoms with E-state index in [0.29, 0.717) is 34.5 Å². The number of aryl methyl sites for hydroxylation is 2. The van der Waals surface area contributed by atoms with E-state index >= 15 is 0 Å². The average Bonchev–Trinajstić information content (AvgIpc) is 3.10. The summed E-state index contributed by atoms with van der Waals surface area (Å²) in [5, 5.41) is 1.04. The van der Waals surface area contributed by atoms with Crippen molar-refractivity contribution in [1.29, 1.82) is 0 Å². The molecule has 1 aliphatic rings. The van der Waals surface area contributed by atoms with Crippen molar-refractivity contribution in [2.45, 2.75) is 26.3 Å². The van der Waals surface area contributed by atoms with Crippen LogP contribution in [0.2, 0.25) is 5.02 Å². The zero-order valence-electron chi connectivity index (χ0n) is 19.2. The van der Waals surface area contributed by atoms with Crippen molar-refractivity contribution in [3.05, 3.63) is 109 Å². The third kappa shape index (κ3) is 3.76. The number of halogens is 1. The predicted octanol–water partition coefficient (Wildman–Crippen LogP) is 5.86. The molecule has 1 aromatic heterocycles. The van der Waals surface area contributed by atoms with Gasteiger partial charge in [-0.1, -0.05) is 41.9 Å². The van der Waals surface area contributed by atoms with Gasteiger partial charge in [0.1, 0.15) is 11.3 Å². The SMILES string of the molecule is COc1ccc(CCN2C(=O)c3oc4c(C)cc(C)cc4c(=O)c3[C@@H]2c2cccc(Cl)c2)cc1. The quantitative estimate of drug-likeness (QED) is 0.364. The molecule has 1 aliphatic heterocycles. The lowest BCUT2D eigenvalue weighted by Crippen LogP contribution is -2.31. The van der Waals surface area contributed by atoms with E-state index in [0.717, 1.165) is 28.0 Å². The van der Waals surface area contributed by atoms with Gasteiger partial charge < -0.3 is 14.1 Å². The molecule has 0 fully saturated rings. The van der Waals surface area contributed by atoms with E-state index in [1.807, 2.05) is 62.4 Å². The largest absolute Gasteiger partial charge is 0.497 e. The van der Waals surface area contributed by atoms with Crippen LogP contribution in [0, 0.1) is 13.8 Å². The van der Waals surface area contributed by atoms with Gasteiger partial charge in [-0.3, -0.25) is 9.59 Å². The second kappa shape index (κ2) is 8.65. The van der Waals surface area contributed by atoms with Crippen LogP contribution in [0.1, 0.15) is 44.4 Å². The summed E-state index contributed by atoms with van der Waals surface area (Å²) in [4.78, 5) is 29.1. The Balaban J connectivity index is 1.63. The smallest absolute Gasteiger partial charge is 0.290 e. The fourth-order valence-electron chi connectivity index (χ4n) is 4.77. The number of hydrogen-bond acceptors (Lipinski definition) is 4. The van der Waals surface area contributed by atoms with E-state index < -0.39 is 6.04 Å². The first kappa shape index (κ1) is 22.2. The van der Waals surface area contributed by atoms with Crippen molar-refractivity contribution >= 4 is 28.5 Å². The highest BCUT2D eigenvalue weighted by atomic mass is 35.5. The lowest BCUT2D eigenvalue weighted by molar-refractivity contribution is 0.0730. The monoisotopic (exact) mass is 473 g/mol. The third-order valence-corrected chi connectivity index (χ3v) is 6.60. The van der Waals surface area contributed by atoms with Gasteiger partial charge >= 0.3 is 0 Å². The summed E-state index contributed by atoms with van der Waals surface area (Å²) in [7, 11) is 1.63. The first-order valence-corrected chi connectivity index (χ1v) is 11.5. The van der Waals surface area contributed by atoms with Gasteiger partial charge in [-0.05, 0) is 72.9 Å². The Bertz CT molecular complexity index is 1470. The van der Waals surface area contributed by atoms with Crippen LogP contribution < -0.4 is 10.2 Å². The molecule has 0 N–H and O–H groups in total. The van der Waals surface area contributed by atoms with E-state index in [-0.39, 0.29) is 17.1 Å². The van der Waals surface area contributed by atoms with Gasteiger partial charge in [0.2, 0.25) is 5.76 Å². The second-order valence-corrected chi connectivity index (χ2v) is 9.12. The number of hydrogen-bond donors (Lipinski definition) is 0. The summed E-state index contributed by atoms with van der Waals surface area (Å²) < 4.78 is 11.4. The first-order valence-electron chi connectivity index (χ1n) is 11.1. The predicted molar refractivity (Wildman–Crippen MR) is 133 cm³/mol. The minimum atomic E-state index is -0.569. The molecular weight excluding hydrogens is 450 g/mol. The summed E-state index contributed by atoms with van der Waals surface area (Å²) in [5.74, 6) is 0.606. The first-order chi connectivity index (χ1) is 16.4. The standard InChI is InChI=1S/C28H24ClNO4/c1-16-13-17(2)26-22(14-16)25(31)23-24(19-5-4-6-20(29)15-19)30(28(32)27(23)34-26)12-11-18-7-9-21(33-3)10-8-18/h4-10,13-15,24H,11-12H2,1-3H3/t24-/m0/s1. The van der Waals surface area contributed by atoms with Crippen molar-refractivity contribution < 1.29 is 13.9 Å². The van der Waals surface area contributed by atoms with Gasteiger partial charge in [0.05, 0.1) is 24.1 Å². The Kier molecular flexibility index (Phi) is 5.66. The molecule has 34 heavy (non-hydrogen) atoms. The number of rotatable bonds is 5.